The van der Waals surface area contributed by atoms with E-state index in [1.54, 1.807) is 20.8 Å². The second-order valence-corrected chi connectivity index (χ2v) is 4.17. The number of rotatable bonds is 3. The number of ether oxygens (including phenoxy) is 1. The van der Waals surface area contributed by atoms with Gasteiger partial charge in [0.25, 0.3) is 11.2 Å². The van der Waals surface area contributed by atoms with E-state index in [4.69, 9.17) is 11.3 Å². The molecule has 0 aromatic carbocycles. The van der Waals surface area contributed by atoms with Crippen LogP contribution in [0.3, 0.4) is 0 Å². The summed E-state index contributed by atoms with van der Waals surface area (Å²) in [5, 5.41) is 2.79. The highest BCUT2D eigenvalue weighted by molar-refractivity contribution is 5.90. The summed E-state index contributed by atoms with van der Waals surface area (Å²) in [5.41, 5.74) is 0.811. The lowest BCUT2D eigenvalue weighted by Crippen LogP contribution is -2.25. The maximum absolute atomic E-state index is 12.4. The molecular formula is C13H14N4O3. The van der Waals surface area contributed by atoms with Crippen molar-refractivity contribution >= 4 is 17.3 Å². The SMILES string of the molecule is [C-]#[N+]c1c(C)[nH]n2c(=O)c(CC)c(C(=O)OCC)nc12. The molecule has 2 aromatic heterocycles. The van der Waals surface area contributed by atoms with E-state index in [9.17, 15) is 9.59 Å². The van der Waals surface area contributed by atoms with Gasteiger partial charge in [0.2, 0.25) is 0 Å². The summed E-state index contributed by atoms with van der Waals surface area (Å²) >= 11 is 0. The average molecular weight is 274 g/mol. The molecule has 0 bridgehead atoms. The molecule has 2 heterocycles. The zero-order chi connectivity index (χ0) is 14.9. The van der Waals surface area contributed by atoms with Crippen LogP contribution in [0.2, 0.25) is 0 Å². The Morgan fingerprint density at radius 3 is 2.75 bits per heavy atom. The standard InChI is InChI=1S/C13H14N4O3/c1-5-8-10(13(19)20-6-2)15-11-9(14-4)7(3)16-17(11)12(8)18/h16H,5-6H2,1-3H3. The molecule has 20 heavy (non-hydrogen) atoms. The van der Waals surface area contributed by atoms with Crippen molar-refractivity contribution in [2.75, 3.05) is 6.61 Å². The molecule has 0 spiro atoms. The molecule has 0 unspecified atom stereocenters. The molecule has 0 radical (unpaired) electrons. The average Bonchev–Trinajstić information content (AvgIpc) is 2.75. The second-order valence-electron chi connectivity index (χ2n) is 4.17. The van der Waals surface area contributed by atoms with Crippen molar-refractivity contribution in [1.29, 1.82) is 0 Å². The Bertz CT molecular complexity index is 779. The van der Waals surface area contributed by atoms with Gasteiger partial charge in [-0.3, -0.25) is 4.79 Å². The predicted octanol–water partition coefficient (Wildman–Crippen LogP) is 1.62. The van der Waals surface area contributed by atoms with Gasteiger partial charge in [-0.1, -0.05) is 6.92 Å². The number of nitrogens with one attached hydrogen (secondary N) is 1. The van der Waals surface area contributed by atoms with E-state index in [1.165, 1.54) is 4.52 Å². The number of nitrogens with zero attached hydrogens (tertiary/aromatic N) is 3. The molecule has 0 atom stereocenters. The van der Waals surface area contributed by atoms with Crippen molar-refractivity contribution in [3.05, 3.63) is 38.7 Å². The van der Waals surface area contributed by atoms with Crippen molar-refractivity contribution in [2.45, 2.75) is 27.2 Å². The minimum Gasteiger partial charge on any atom is -0.461 e. The number of aryl methyl sites for hydroxylation is 1. The van der Waals surface area contributed by atoms with E-state index < -0.39 is 5.97 Å². The number of hydrogen-bond donors (Lipinski definition) is 1. The summed E-state index contributed by atoms with van der Waals surface area (Å²) in [4.78, 5) is 31.8. The number of esters is 1. The largest absolute Gasteiger partial charge is 0.461 e. The maximum Gasteiger partial charge on any atom is 0.357 e. The van der Waals surface area contributed by atoms with Gasteiger partial charge in [0.1, 0.15) is 0 Å². The minimum atomic E-state index is -0.640. The van der Waals surface area contributed by atoms with Gasteiger partial charge in [-0.15, -0.1) is 0 Å². The Labute approximate surface area is 115 Å². The van der Waals surface area contributed by atoms with Gasteiger partial charge in [0, 0.05) is 5.69 Å². The Morgan fingerprint density at radius 2 is 2.20 bits per heavy atom. The third-order valence-electron chi connectivity index (χ3n) is 2.96. The van der Waals surface area contributed by atoms with Crippen LogP contribution in [0.25, 0.3) is 10.5 Å². The minimum absolute atomic E-state index is 0.0109. The monoisotopic (exact) mass is 274 g/mol. The summed E-state index contributed by atoms with van der Waals surface area (Å²) < 4.78 is 6.12. The Balaban J connectivity index is 2.85. The fourth-order valence-electron chi connectivity index (χ4n) is 2.03. The molecule has 0 amide bonds. The van der Waals surface area contributed by atoms with E-state index in [1.807, 2.05) is 0 Å². The summed E-state index contributed by atoms with van der Waals surface area (Å²) in [6, 6.07) is 0. The fourth-order valence-corrected chi connectivity index (χ4v) is 2.03. The highest BCUT2D eigenvalue weighted by Crippen LogP contribution is 2.22. The highest BCUT2D eigenvalue weighted by atomic mass is 16.5. The number of fused-ring (bicyclic) bond motifs is 1. The second kappa shape index (κ2) is 5.17. The van der Waals surface area contributed by atoms with Crippen LogP contribution in [0.5, 0.6) is 0 Å². The van der Waals surface area contributed by atoms with Crippen molar-refractivity contribution < 1.29 is 9.53 Å². The molecule has 0 saturated carbocycles. The maximum atomic E-state index is 12.4. The van der Waals surface area contributed by atoms with Gasteiger partial charge >= 0.3 is 5.97 Å². The molecule has 1 N–H and O–H groups in total. The summed E-state index contributed by atoms with van der Waals surface area (Å²) in [6.45, 7) is 12.5. The number of carbonyl (C=O) groups is 1. The molecule has 0 saturated heterocycles. The van der Waals surface area contributed by atoms with Crippen LogP contribution < -0.4 is 5.56 Å². The molecule has 7 heteroatoms. The van der Waals surface area contributed by atoms with Gasteiger partial charge < -0.3 is 9.84 Å². The smallest absolute Gasteiger partial charge is 0.357 e. The van der Waals surface area contributed by atoms with Crippen LogP contribution in [-0.2, 0) is 11.2 Å². The fraction of sp³-hybridized carbons (Fsp3) is 0.385. The first kappa shape index (κ1) is 13.8. The number of aromatic amines is 1. The third-order valence-corrected chi connectivity index (χ3v) is 2.96. The van der Waals surface area contributed by atoms with Crippen LogP contribution in [0.4, 0.5) is 5.69 Å². The van der Waals surface area contributed by atoms with Crippen LogP contribution in [-0.4, -0.2) is 27.2 Å². The quantitative estimate of drug-likeness (QED) is 0.681. The van der Waals surface area contributed by atoms with Crippen LogP contribution in [0, 0.1) is 13.5 Å². The molecular weight excluding hydrogens is 260 g/mol. The summed E-state index contributed by atoms with van der Waals surface area (Å²) in [5.74, 6) is -0.640. The highest BCUT2D eigenvalue weighted by Gasteiger charge is 2.22. The van der Waals surface area contributed by atoms with E-state index in [-0.39, 0.29) is 34.8 Å². The predicted molar refractivity (Wildman–Crippen MR) is 72.1 cm³/mol. The molecule has 0 aliphatic rings. The van der Waals surface area contributed by atoms with Gasteiger partial charge in [-0.2, -0.15) is 0 Å². The number of carbonyl (C=O) groups excluding carboxylic acids is 1. The molecule has 7 nitrogen and oxygen atoms in total. The number of H-pyrrole nitrogens is 1. The molecule has 2 rings (SSSR count). The zero-order valence-electron chi connectivity index (χ0n) is 11.5. The van der Waals surface area contributed by atoms with Crippen LogP contribution in [0.15, 0.2) is 4.79 Å². The van der Waals surface area contributed by atoms with Gasteiger partial charge in [-0.25, -0.2) is 19.1 Å². The normalized spacial score (nSPS) is 10.5. The van der Waals surface area contributed by atoms with Crippen LogP contribution >= 0.6 is 0 Å². The van der Waals surface area contributed by atoms with E-state index in [0.717, 1.165) is 0 Å². The Kier molecular flexibility index (Phi) is 3.57. The van der Waals surface area contributed by atoms with Gasteiger partial charge in [0.15, 0.2) is 11.3 Å². The molecule has 0 aliphatic heterocycles. The lowest BCUT2D eigenvalue weighted by atomic mass is 10.2. The van der Waals surface area contributed by atoms with E-state index in [0.29, 0.717) is 12.1 Å². The lowest BCUT2D eigenvalue weighted by molar-refractivity contribution is 0.0518. The molecule has 104 valence electrons. The van der Waals surface area contributed by atoms with Crippen molar-refractivity contribution in [3.63, 3.8) is 0 Å². The molecule has 2 aromatic rings. The first-order valence-electron chi connectivity index (χ1n) is 6.23. The van der Waals surface area contributed by atoms with Crippen molar-refractivity contribution in [3.8, 4) is 0 Å². The van der Waals surface area contributed by atoms with E-state index >= 15 is 0 Å². The number of hydrogen-bond acceptors (Lipinski definition) is 4. The zero-order valence-corrected chi connectivity index (χ0v) is 11.5. The number of aromatic nitrogens is 3. The van der Waals surface area contributed by atoms with Crippen LogP contribution in [0.1, 0.15) is 35.6 Å². The van der Waals surface area contributed by atoms with Gasteiger partial charge in [-0.05, 0) is 20.3 Å². The molecule has 0 aliphatic carbocycles. The Hall–Kier alpha value is -2.62. The van der Waals surface area contributed by atoms with Gasteiger partial charge in [0.05, 0.1) is 18.7 Å². The first-order chi connectivity index (χ1) is 9.54. The topological polar surface area (TPSA) is 80.8 Å². The van der Waals surface area contributed by atoms with Crippen molar-refractivity contribution in [2.24, 2.45) is 0 Å². The molecule has 0 fully saturated rings. The lowest BCUT2D eigenvalue weighted by Gasteiger charge is -2.06. The Morgan fingerprint density at radius 1 is 1.50 bits per heavy atom. The third kappa shape index (κ3) is 1.95. The first-order valence-corrected chi connectivity index (χ1v) is 6.23. The summed E-state index contributed by atoms with van der Waals surface area (Å²) in [7, 11) is 0. The van der Waals surface area contributed by atoms with E-state index in [2.05, 4.69) is 14.9 Å². The van der Waals surface area contributed by atoms with Crippen molar-refractivity contribution in [1.82, 2.24) is 14.6 Å². The summed E-state index contributed by atoms with van der Waals surface area (Å²) in [6.07, 6.45) is 0.355.